The summed E-state index contributed by atoms with van der Waals surface area (Å²) in [5.74, 6) is -0.225. The Balaban J connectivity index is 2.13. The van der Waals surface area contributed by atoms with Gasteiger partial charge in [0.1, 0.15) is 6.04 Å². The van der Waals surface area contributed by atoms with E-state index >= 15 is 0 Å². The average Bonchev–Trinajstić information content (AvgIpc) is 2.50. The number of nitrogens with one attached hydrogen (secondary N) is 1. The predicted molar refractivity (Wildman–Crippen MR) is 102 cm³/mol. The fraction of sp³-hybridized carbons (Fsp3) is 0.632. The number of carbonyl (C=O) groups excluding carboxylic acids is 1. The number of hydrogen-bond acceptors (Lipinski definition) is 3. The molecule has 1 amide bonds. The number of amides is 1. The predicted octanol–water partition coefficient (Wildman–Crippen LogP) is 3.38. The van der Waals surface area contributed by atoms with Gasteiger partial charge in [0, 0.05) is 6.04 Å². The van der Waals surface area contributed by atoms with Crippen LogP contribution in [0.2, 0.25) is 0 Å². The zero-order valence-electron chi connectivity index (χ0n) is 15.5. The van der Waals surface area contributed by atoms with E-state index in [1.54, 1.807) is 19.1 Å². The molecular weight excluding hydrogens is 336 g/mol. The Labute approximate surface area is 151 Å². The molecule has 1 aliphatic rings. The summed E-state index contributed by atoms with van der Waals surface area (Å²) in [4.78, 5) is 12.7. The fourth-order valence-corrected chi connectivity index (χ4v) is 4.60. The molecule has 1 N–H and O–H groups in total. The van der Waals surface area contributed by atoms with Crippen LogP contribution in [0.25, 0.3) is 0 Å². The van der Waals surface area contributed by atoms with Gasteiger partial charge in [-0.2, -0.15) is 0 Å². The molecule has 25 heavy (non-hydrogen) atoms. The Hall–Kier alpha value is -1.56. The Bertz CT molecular complexity index is 662. The van der Waals surface area contributed by atoms with Crippen molar-refractivity contribution in [1.29, 1.82) is 0 Å². The quantitative estimate of drug-likeness (QED) is 0.869. The van der Waals surface area contributed by atoms with Gasteiger partial charge in [0.05, 0.1) is 11.9 Å². The lowest BCUT2D eigenvalue weighted by atomic mass is 9.96. The molecule has 1 aromatic carbocycles. The van der Waals surface area contributed by atoms with Crippen LogP contribution < -0.4 is 9.62 Å². The highest BCUT2D eigenvalue weighted by Gasteiger charge is 2.30. The minimum atomic E-state index is -3.56. The van der Waals surface area contributed by atoms with Crippen LogP contribution in [-0.2, 0) is 14.8 Å². The van der Waals surface area contributed by atoms with Crippen LogP contribution >= 0.6 is 0 Å². The molecule has 0 radical (unpaired) electrons. The van der Waals surface area contributed by atoms with E-state index in [-0.39, 0.29) is 11.9 Å². The van der Waals surface area contributed by atoms with Gasteiger partial charge < -0.3 is 5.32 Å². The van der Waals surface area contributed by atoms with Crippen molar-refractivity contribution in [3.05, 3.63) is 29.8 Å². The first kappa shape index (κ1) is 19.8. The number of nitrogens with zero attached hydrogens (tertiary/aromatic N) is 1. The normalized spacial score (nSPS) is 18.0. The molecule has 140 valence electrons. The molecular formula is C19H30N2O3S. The van der Waals surface area contributed by atoms with Gasteiger partial charge >= 0.3 is 0 Å². The lowest BCUT2D eigenvalue weighted by Gasteiger charge is -2.30. The second kappa shape index (κ2) is 8.70. The van der Waals surface area contributed by atoms with Crippen molar-refractivity contribution in [3.8, 4) is 0 Å². The summed E-state index contributed by atoms with van der Waals surface area (Å²) in [6.45, 7) is 3.60. The van der Waals surface area contributed by atoms with Gasteiger partial charge in [0.15, 0.2) is 0 Å². The molecule has 1 atom stereocenters. The van der Waals surface area contributed by atoms with Crippen LogP contribution in [0.4, 0.5) is 5.69 Å². The van der Waals surface area contributed by atoms with E-state index < -0.39 is 16.1 Å². The molecule has 1 saturated carbocycles. The van der Waals surface area contributed by atoms with Crippen molar-refractivity contribution in [2.45, 2.75) is 70.9 Å². The van der Waals surface area contributed by atoms with Gasteiger partial charge in [-0.25, -0.2) is 8.42 Å². The summed E-state index contributed by atoms with van der Waals surface area (Å²) in [5, 5.41) is 3.08. The van der Waals surface area contributed by atoms with E-state index in [4.69, 9.17) is 0 Å². The van der Waals surface area contributed by atoms with Crippen molar-refractivity contribution in [1.82, 2.24) is 5.32 Å². The smallest absolute Gasteiger partial charge is 0.243 e. The molecule has 0 spiro atoms. The second-order valence-corrected chi connectivity index (χ2v) is 8.98. The zero-order chi connectivity index (χ0) is 18.4. The molecule has 0 aromatic heterocycles. The molecule has 1 fully saturated rings. The molecule has 6 heteroatoms. The standard InChI is InChI=1S/C19H30N2O3S/c1-15-11-13-18(14-12-15)21(25(3,23)24)16(2)19(22)20-17-9-7-5-4-6-8-10-17/h11-14,16-17H,4-10H2,1-3H3,(H,20,22)/t16-/m1/s1. The minimum absolute atomic E-state index is 0.148. The van der Waals surface area contributed by atoms with Crippen molar-refractivity contribution >= 4 is 21.6 Å². The number of anilines is 1. The Morgan fingerprint density at radius 2 is 1.60 bits per heavy atom. The highest BCUT2D eigenvalue weighted by Crippen LogP contribution is 2.22. The van der Waals surface area contributed by atoms with E-state index in [0.717, 1.165) is 37.5 Å². The maximum Gasteiger partial charge on any atom is 0.243 e. The van der Waals surface area contributed by atoms with Gasteiger partial charge in [0.2, 0.25) is 15.9 Å². The molecule has 0 bridgehead atoms. The summed E-state index contributed by atoms with van der Waals surface area (Å²) >= 11 is 0. The van der Waals surface area contributed by atoms with Crippen molar-refractivity contribution in [3.63, 3.8) is 0 Å². The van der Waals surface area contributed by atoms with E-state index in [2.05, 4.69) is 5.32 Å². The van der Waals surface area contributed by atoms with E-state index in [0.29, 0.717) is 5.69 Å². The van der Waals surface area contributed by atoms with Crippen LogP contribution in [0.5, 0.6) is 0 Å². The van der Waals surface area contributed by atoms with Gasteiger partial charge in [-0.3, -0.25) is 9.10 Å². The molecule has 1 aliphatic carbocycles. The average molecular weight is 367 g/mol. The largest absolute Gasteiger partial charge is 0.352 e. The summed E-state index contributed by atoms with van der Waals surface area (Å²) in [6.07, 6.45) is 9.02. The van der Waals surface area contributed by atoms with E-state index in [9.17, 15) is 13.2 Å². The summed E-state index contributed by atoms with van der Waals surface area (Å²) in [6, 6.07) is 6.57. The molecule has 0 heterocycles. The highest BCUT2D eigenvalue weighted by molar-refractivity contribution is 7.92. The van der Waals surface area contributed by atoms with Gasteiger partial charge in [-0.05, 0) is 38.8 Å². The van der Waals surface area contributed by atoms with Crippen LogP contribution in [0.15, 0.2) is 24.3 Å². The Morgan fingerprint density at radius 1 is 1.08 bits per heavy atom. The van der Waals surface area contributed by atoms with Gasteiger partial charge in [0.25, 0.3) is 0 Å². The summed E-state index contributed by atoms with van der Waals surface area (Å²) < 4.78 is 25.8. The first-order valence-electron chi connectivity index (χ1n) is 9.15. The first-order chi connectivity index (χ1) is 11.8. The SMILES string of the molecule is Cc1ccc(N([C@H](C)C(=O)NC2CCCCCCC2)S(C)(=O)=O)cc1. The number of carbonyl (C=O) groups is 1. The minimum Gasteiger partial charge on any atom is -0.352 e. The highest BCUT2D eigenvalue weighted by atomic mass is 32.2. The molecule has 1 aromatic rings. The maximum absolute atomic E-state index is 12.7. The van der Waals surface area contributed by atoms with E-state index in [1.165, 1.54) is 23.6 Å². The van der Waals surface area contributed by atoms with Crippen molar-refractivity contribution in [2.75, 3.05) is 10.6 Å². The monoisotopic (exact) mass is 366 g/mol. The van der Waals surface area contributed by atoms with Crippen LogP contribution in [0.1, 0.15) is 57.4 Å². The van der Waals surface area contributed by atoms with Crippen molar-refractivity contribution in [2.24, 2.45) is 0 Å². The summed E-state index contributed by atoms with van der Waals surface area (Å²) in [5.41, 5.74) is 1.57. The number of hydrogen-bond donors (Lipinski definition) is 1. The Morgan fingerprint density at radius 3 is 2.12 bits per heavy atom. The maximum atomic E-state index is 12.7. The van der Waals surface area contributed by atoms with Gasteiger partial charge in [-0.1, -0.05) is 49.8 Å². The lowest BCUT2D eigenvalue weighted by Crippen LogP contribution is -2.50. The third-order valence-corrected chi connectivity index (χ3v) is 6.07. The van der Waals surface area contributed by atoms with Crippen molar-refractivity contribution < 1.29 is 13.2 Å². The Kier molecular flexibility index (Phi) is 6.87. The molecule has 0 unspecified atom stereocenters. The molecule has 2 rings (SSSR count). The van der Waals surface area contributed by atoms with Crippen LogP contribution in [-0.4, -0.2) is 32.7 Å². The third kappa shape index (κ3) is 5.73. The number of benzene rings is 1. The molecule has 5 nitrogen and oxygen atoms in total. The second-order valence-electron chi connectivity index (χ2n) is 7.12. The lowest BCUT2D eigenvalue weighted by molar-refractivity contribution is -0.122. The number of aryl methyl sites for hydroxylation is 1. The van der Waals surface area contributed by atoms with Crippen LogP contribution in [0, 0.1) is 6.92 Å². The zero-order valence-corrected chi connectivity index (χ0v) is 16.3. The third-order valence-electron chi connectivity index (χ3n) is 4.83. The first-order valence-corrected chi connectivity index (χ1v) is 11.0. The molecule has 0 aliphatic heterocycles. The topological polar surface area (TPSA) is 66.5 Å². The van der Waals surface area contributed by atoms with E-state index in [1.807, 2.05) is 19.1 Å². The summed E-state index contributed by atoms with van der Waals surface area (Å²) in [7, 11) is -3.56. The fourth-order valence-electron chi connectivity index (χ4n) is 3.42. The van der Waals surface area contributed by atoms with Gasteiger partial charge in [-0.15, -0.1) is 0 Å². The van der Waals surface area contributed by atoms with Crippen LogP contribution in [0.3, 0.4) is 0 Å². The molecule has 0 saturated heterocycles. The number of rotatable bonds is 5. The number of sulfonamides is 1.